The van der Waals surface area contributed by atoms with Gasteiger partial charge in [-0.3, -0.25) is 4.79 Å². The first-order valence-electron chi connectivity index (χ1n) is 5.12. The van der Waals surface area contributed by atoms with E-state index >= 15 is 0 Å². The molecule has 0 aromatic heterocycles. The van der Waals surface area contributed by atoms with Gasteiger partial charge in [-0.2, -0.15) is 0 Å². The van der Waals surface area contributed by atoms with E-state index in [0.29, 0.717) is 12.3 Å². The molecule has 0 bridgehead atoms. The number of hydrogen-bond acceptors (Lipinski definition) is 2. The lowest BCUT2D eigenvalue weighted by Crippen LogP contribution is -2.25. The van der Waals surface area contributed by atoms with E-state index in [1.807, 2.05) is 0 Å². The molecule has 1 fully saturated rings. The van der Waals surface area contributed by atoms with Crippen molar-refractivity contribution in [3.05, 3.63) is 0 Å². The minimum absolute atomic E-state index is 0.314. The van der Waals surface area contributed by atoms with E-state index in [1.54, 1.807) is 0 Å². The quantitative estimate of drug-likeness (QED) is 0.707. The molecule has 0 aromatic rings. The van der Waals surface area contributed by atoms with Gasteiger partial charge in [0.05, 0.1) is 0 Å². The average molecular weight is 185 g/mol. The molecule has 3 nitrogen and oxygen atoms in total. The van der Waals surface area contributed by atoms with Crippen LogP contribution >= 0.6 is 0 Å². The molecule has 0 saturated carbocycles. The second-order valence-electron chi connectivity index (χ2n) is 4.05. The standard InChI is InChI=1S/C10H19NO2/c1-9(4-5-10(12)13)8-11-6-2-3-7-11/h9H,2-8H2,1H3,(H,12,13). The predicted molar refractivity (Wildman–Crippen MR) is 51.7 cm³/mol. The molecule has 1 unspecified atom stereocenters. The molecule has 76 valence electrons. The van der Waals surface area contributed by atoms with E-state index in [-0.39, 0.29) is 0 Å². The molecule has 0 radical (unpaired) electrons. The third kappa shape index (κ3) is 4.27. The maximum Gasteiger partial charge on any atom is 0.303 e. The lowest BCUT2D eigenvalue weighted by molar-refractivity contribution is -0.137. The fourth-order valence-electron chi connectivity index (χ4n) is 1.87. The topological polar surface area (TPSA) is 40.5 Å². The van der Waals surface area contributed by atoms with E-state index in [0.717, 1.165) is 13.0 Å². The Hall–Kier alpha value is -0.570. The second-order valence-corrected chi connectivity index (χ2v) is 4.05. The molecule has 0 spiro atoms. The van der Waals surface area contributed by atoms with Crippen LogP contribution in [0.1, 0.15) is 32.6 Å². The van der Waals surface area contributed by atoms with Gasteiger partial charge in [0.15, 0.2) is 0 Å². The van der Waals surface area contributed by atoms with Crippen LogP contribution in [-0.2, 0) is 4.79 Å². The van der Waals surface area contributed by atoms with Crippen LogP contribution in [0.4, 0.5) is 0 Å². The van der Waals surface area contributed by atoms with Gasteiger partial charge >= 0.3 is 5.97 Å². The van der Waals surface area contributed by atoms with Crippen LogP contribution in [0.3, 0.4) is 0 Å². The van der Waals surface area contributed by atoms with Crippen LogP contribution in [0.15, 0.2) is 0 Å². The number of likely N-dealkylation sites (tertiary alicyclic amines) is 1. The van der Waals surface area contributed by atoms with Gasteiger partial charge in [0.1, 0.15) is 0 Å². The Bertz CT molecular complexity index is 164. The van der Waals surface area contributed by atoms with E-state index in [9.17, 15) is 4.79 Å². The monoisotopic (exact) mass is 185 g/mol. The van der Waals surface area contributed by atoms with Crippen molar-refractivity contribution in [2.45, 2.75) is 32.6 Å². The van der Waals surface area contributed by atoms with Gasteiger partial charge in [-0.15, -0.1) is 0 Å². The number of carboxylic acids is 1. The minimum Gasteiger partial charge on any atom is -0.481 e. The van der Waals surface area contributed by atoms with Crippen molar-refractivity contribution in [1.29, 1.82) is 0 Å². The molecule has 3 heteroatoms. The molecule has 1 heterocycles. The highest BCUT2D eigenvalue weighted by Crippen LogP contribution is 2.13. The number of carboxylic acid groups (broad SMARTS) is 1. The summed E-state index contributed by atoms with van der Waals surface area (Å²) in [5.41, 5.74) is 0. The molecule has 0 amide bonds. The number of nitrogens with zero attached hydrogens (tertiary/aromatic N) is 1. The van der Waals surface area contributed by atoms with E-state index in [1.165, 1.54) is 25.9 Å². The van der Waals surface area contributed by atoms with Crippen LogP contribution in [0.2, 0.25) is 0 Å². The average Bonchev–Trinajstić information content (AvgIpc) is 2.53. The van der Waals surface area contributed by atoms with Crippen molar-refractivity contribution in [2.24, 2.45) is 5.92 Å². The zero-order valence-electron chi connectivity index (χ0n) is 8.33. The zero-order chi connectivity index (χ0) is 9.68. The Morgan fingerprint density at radius 2 is 2.08 bits per heavy atom. The van der Waals surface area contributed by atoms with Crippen LogP contribution < -0.4 is 0 Å². The highest BCUT2D eigenvalue weighted by molar-refractivity contribution is 5.66. The third-order valence-corrected chi connectivity index (χ3v) is 2.62. The van der Waals surface area contributed by atoms with Gasteiger partial charge < -0.3 is 10.0 Å². The molecule has 0 aromatic carbocycles. The highest BCUT2D eigenvalue weighted by atomic mass is 16.4. The number of rotatable bonds is 5. The van der Waals surface area contributed by atoms with E-state index < -0.39 is 5.97 Å². The molecule has 13 heavy (non-hydrogen) atoms. The van der Waals surface area contributed by atoms with E-state index in [4.69, 9.17) is 5.11 Å². The highest BCUT2D eigenvalue weighted by Gasteiger charge is 2.14. The Labute approximate surface area is 79.7 Å². The number of hydrogen-bond donors (Lipinski definition) is 1. The van der Waals surface area contributed by atoms with E-state index in [2.05, 4.69) is 11.8 Å². The summed E-state index contributed by atoms with van der Waals surface area (Å²) in [5.74, 6) is -0.150. The summed E-state index contributed by atoms with van der Waals surface area (Å²) >= 11 is 0. The Kier molecular flexibility index (Phi) is 4.22. The predicted octanol–water partition coefficient (Wildman–Crippen LogP) is 1.58. The van der Waals surface area contributed by atoms with Crippen molar-refractivity contribution < 1.29 is 9.90 Å². The maximum atomic E-state index is 10.3. The van der Waals surface area contributed by atoms with Gasteiger partial charge in [-0.05, 0) is 38.3 Å². The summed E-state index contributed by atoms with van der Waals surface area (Å²) in [6.45, 7) is 5.63. The van der Waals surface area contributed by atoms with Crippen molar-refractivity contribution in [2.75, 3.05) is 19.6 Å². The first-order chi connectivity index (χ1) is 6.18. The Morgan fingerprint density at radius 3 is 2.62 bits per heavy atom. The van der Waals surface area contributed by atoms with Crippen LogP contribution in [0.5, 0.6) is 0 Å². The minimum atomic E-state index is -0.673. The van der Waals surface area contributed by atoms with Crippen LogP contribution in [-0.4, -0.2) is 35.6 Å². The Balaban J connectivity index is 2.09. The zero-order valence-corrected chi connectivity index (χ0v) is 8.33. The summed E-state index contributed by atoms with van der Waals surface area (Å²) in [6, 6.07) is 0. The fourth-order valence-corrected chi connectivity index (χ4v) is 1.87. The van der Waals surface area contributed by atoms with Crippen molar-refractivity contribution in [3.63, 3.8) is 0 Å². The molecule has 1 saturated heterocycles. The van der Waals surface area contributed by atoms with Gasteiger partial charge in [0, 0.05) is 13.0 Å². The molecule has 1 aliphatic heterocycles. The first-order valence-corrected chi connectivity index (χ1v) is 5.12. The van der Waals surface area contributed by atoms with Gasteiger partial charge in [-0.1, -0.05) is 6.92 Å². The van der Waals surface area contributed by atoms with Crippen molar-refractivity contribution >= 4 is 5.97 Å². The SMILES string of the molecule is CC(CCC(=O)O)CN1CCCC1. The van der Waals surface area contributed by atoms with Crippen LogP contribution in [0.25, 0.3) is 0 Å². The van der Waals surface area contributed by atoms with Crippen molar-refractivity contribution in [3.8, 4) is 0 Å². The second kappa shape index (κ2) is 5.22. The number of aliphatic carboxylic acids is 1. The van der Waals surface area contributed by atoms with Gasteiger partial charge in [0.2, 0.25) is 0 Å². The molecular weight excluding hydrogens is 166 g/mol. The largest absolute Gasteiger partial charge is 0.481 e. The molecule has 1 N–H and O–H groups in total. The molecule has 1 rings (SSSR count). The summed E-state index contributed by atoms with van der Waals surface area (Å²) < 4.78 is 0. The van der Waals surface area contributed by atoms with Gasteiger partial charge in [-0.25, -0.2) is 0 Å². The lowest BCUT2D eigenvalue weighted by Gasteiger charge is -2.19. The van der Waals surface area contributed by atoms with Gasteiger partial charge in [0.25, 0.3) is 0 Å². The number of carbonyl (C=O) groups is 1. The smallest absolute Gasteiger partial charge is 0.303 e. The fraction of sp³-hybridized carbons (Fsp3) is 0.900. The maximum absolute atomic E-state index is 10.3. The normalized spacial score (nSPS) is 20.4. The van der Waals surface area contributed by atoms with Crippen LogP contribution in [0, 0.1) is 5.92 Å². The molecule has 0 aliphatic carbocycles. The third-order valence-electron chi connectivity index (χ3n) is 2.62. The molecular formula is C10H19NO2. The molecule has 1 aliphatic rings. The molecule has 1 atom stereocenters. The Morgan fingerprint density at radius 1 is 1.46 bits per heavy atom. The lowest BCUT2D eigenvalue weighted by atomic mass is 10.1. The van der Waals surface area contributed by atoms with Crippen molar-refractivity contribution in [1.82, 2.24) is 4.90 Å². The summed E-state index contributed by atoms with van der Waals surface area (Å²) in [4.78, 5) is 12.8. The first kappa shape index (κ1) is 10.5. The summed E-state index contributed by atoms with van der Waals surface area (Å²) in [5, 5.41) is 8.51. The summed E-state index contributed by atoms with van der Waals surface area (Å²) in [6.07, 6.45) is 3.75. The summed E-state index contributed by atoms with van der Waals surface area (Å²) in [7, 11) is 0.